The quantitative estimate of drug-likeness (QED) is 0.0690. The molecule has 5 heteroatoms. The van der Waals surface area contributed by atoms with Gasteiger partial charge in [0.1, 0.15) is 11.4 Å². The Morgan fingerprint density at radius 3 is 1.91 bits per heavy atom. The second kappa shape index (κ2) is 20.2. The van der Waals surface area contributed by atoms with Crippen LogP contribution >= 0.6 is 11.8 Å². The summed E-state index contributed by atoms with van der Waals surface area (Å²) in [5.74, 6) is 0.789. The van der Waals surface area contributed by atoms with Crippen molar-refractivity contribution in [1.82, 2.24) is 0 Å². The molecule has 0 radical (unpaired) electrons. The number of carbonyl (C=O) groups excluding carboxylic acids is 1. The van der Waals surface area contributed by atoms with Gasteiger partial charge in [-0.15, -0.1) is 0 Å². The highest BCUT2D eigenvalue weighted by Gasteiger charge is 2.38. The van der Waals surface area contributed by atoms with Crippen molar-refractivity contribution in [3.63, 3.8) is 0 Å². The summed E-state index contributed by atoms with van der Waals surface area (Å²) in [4.78, 5) is 13.2. The van der Waals surface area contributed by atoms with E-state index in [0.717, 1.165) is 41.7 Å². The molecular formula is C38H50O4S. The fraction of sp³-hybridized carbons (Fsp3) is 0.447. The van der Waals surface area contributed by atoms with E-state index in [-0.39, 0.29) is 10.4 Å². The van der Waals surface area contributed by atoms with E-state index in [9.17, 15) is 4.79 Å². The third kappa shape index (κ3) is 11.3. The van der Waals surface area contributed by atoms with Gasteiger partial charge in [-0.2, -0.15) is 0 Å². The maximum atomic E-state index is 13.2. The Balaban J connectivity index is 1.83. The van der Waals surface area contributed by atoms with E-state index in [2.05, 4.69) is 56.3 Å². The molecule has 0 spiro atoms. The summed E-state index contributed by atoms with van der Waals surface area (Å²) in [5, 5.41) is 0.0708. The van der Waals surface area contributed by atoms with Gasteiger partial charge < -0.3 is 14.2 Å². The molecule has 0 saturated heterocycles. The van der Waals surface area contributed by atoms with E-state index in [4.69, 9.17) is 14.2 Å². The standard InChI is InChI=1S/C38H50O4S/c1-4-6-8-9-10-11-18-24-37(39)43-36(30-41-29-19-7-5-2)31-42-38(32-20-14-12-15-21-32,33-22-16-13-17-23-33)34-25-27-35(40-3)28-26-34/h7,12-17,19-23,25-28,36H,4-6,8-11,18,24,29-31H2,1-3H3/b19-7-/t36-/m0/s1. The van der Waals surface area contributed by atoms with Crippen molar-refractivity contribution in [3.8, 4) is 5.75 Å². The average molecular weight is 603 g/mol. The number of unbranched alkanes of at least 4 members (excludes halogenated alkanes) is 6. The number of ether oxygens (including phenoxy) is 3. The first-order chi connectivity index (χ1) is 21.1. The van der Waals surface area contributed by atoms with Gasteiger partial charge in [-0.3, -0.25) is 4.79 Å². The lowest BCUT2D eigenvalue weighted by Gasteiger charge is -2.37. The number of benzene rings is 3. The number of carbonyl (C=O) groups is 1. The molecule has 0 aliphatic carbocycles. The molecule has 0 fully saturated rings. The van der Waals surface area contributed by atoms with Crippen molar-refractivity contribution in [2.24, 2.45) is 0 Å². The molecule has 0 unspecified atom stereocenters. The lowest BCUT2D eigenvalue weighted by Crippen LogP contribution is -2.36. The molecule has 0 aromatic heterocycles. The molecule has 0 aliphatic heterocycles. The summed E-state index contributed by atoms with van der Waals surface area (Å²) in [6, 6.07) is 28.7. The van der Waals surface area contributed by atoms with Crippen LogP contribution in [0.4, 0.5) is 0 Å². The van der Waals surface area contributed by atoms with Crippen molar-refractivity contribution in [1.29, 1.82) is 0 Å². The largest absolute Gasteiger partial charge is 0.497 e. The monoisotopic (exact) mass is 602 g/mol. The van der Waals surface area contributed by atoms with E-state index in [1.807, 2.05) is 54.6 Å². The van der Waals surface area contributed by atoms with Gasteiger partial charge in [-0.05, 0) is 41.7 Å². The molecule has 0 bridgehead atoms. The summed E-state index contributed by atoms with van der Waals surface area (Å²) >= 11 is 1.38. The fourth-order valence-electron chi connectivity index (χ4n) is 5.23. The van der Waals surface area contributed by atoms with E-state index in [1.54, 1.807) is 7.11 Å². The number of methoxy groups -OCH3 is 1. The number of thioether (sulfide) groups is 1. The second-order valence-corrected chi connectivity index (χ2v) is 12.2. The predicted octanol–water partition coefficient (Wildman–Crippen LogP) is 9.76. The molecule has 3 rings (SSSR count). The SMILES string of the molecule is CC/C=C\COC[C@@H](COC(c1ccccc1)(c1ccccc1)c1ccc(OC)cc1)SC(=O)CCCCCCCCC. The van der Waals surface area contributed by atoms with E-state index < -0.39 is 5.60 Å². The van der Waals surface area contributed by atoms with Gasteiger partial charge in [0.2, 0.25) is 0 Å². The number of hydrogen-bond donors (Lipinski definition) is 0. The van der Waals surface area contributed by atoms with Gasteiger partial charge >= 0.3 is 0 Å². The van der Waals surface area contributed by atoms with E-state index in [1.165, 1.54) is 43.9 Å². The Morgan fingerprint density at radius 2 is 1.33 bits per heavy atom. The smallest absolute Gasteiger partial charge is 0.189 e. The molecule has 3 aromatic carbocycles. The van der Waals surface area contributed by atoms with Gasteiger partial charge in [-0.1, -0.05) is 149 Å². The minimum atomic E-state index is -0.878. The lowest BCUT2D eigenvalue weighted by molar-refractivity contribution is -0.111. The van der Waals surface area contributed by atoms with Crippen molar-refractivity contribution in [2.45, 2.75) is 82.5 Å². The molecule has 0 saturated carbocycles. The Labute approximate surface area is 264 Å². The van der Waals surface area contributed by atoms with E-state index in [0.29, 0.717) is 26.2 Å². The zero-order valence-corrected chi connectivity index (χ0v) is 27.2. The lowest BCUT2D eigenvalue weighted by atomic mass is 9.80. The highest BCUT2D eigenvalue weighted by molar-refractivity contribution is 8.14. The van der Waals surface area contributed by atoms with Crippen LogP contribution in [0.5, 0.6) is 5.75 Å². The Hall–Kier alpha value is -2.86. The minimum absolute atomic E-state index is 0.142. The molecule has 232 valence electrons. The summed E-state index contributed by atoms with van der Waals surface area (Å²) in [5.41, 5.74) is 2.17. The maximum Gasteiger partial charge on any atom is 0.189 e. The van der Waals surface area contributed by atoms with Crippen LogP contribution < -0.4 is 4.74 Å². The molecule has 43 heavy (non-hydrogen) atoms. The Bertz CT molecular complexity index is 1140. The fourth-order valence-corrected chi connectivity index (χ4v) is 6.16. The van der Waals surface area contributed by atoms with Crippen LogP contribution in [0.15, 0.2) is 97.1 Å². The zero-order chi connectivity index (χ0) is 30.6. The van der Waals surface area contributed by atoms with Crippen LogP contribution in [0.25, 0.3) is 0 Å². The first-order valence-corrected chi connectivity index (χ1v) is 16.8. The summed E-state index contributed by atoms with van der Waals surface area (Å²) < 4.78 is 18.6. The van der Waals surface area contributed by atoms with Gasteiger partial charge in [0.15, 0.2) is 5.12 Å². The third-order valence-electron chi connectivity index (χ3n) is 7.55. The van der Waals surface area contributed by atoms with Gasteiger partial charge in [0.25, 0.3) is 0 Å². The normalized spacial score (nSPS) is 12.4. The second-order valence-electron chi connectivity index (χ2n) is 10.9. The predicted molar refractivity (Wildman–Crippen MR) is 181 cm³/mol. The molecule has 3 aromatic rings. The summed E-state index contributed by atoms with van der Waals surface area (Å²) in [7, 11) is 1.67. The molecule has 0 aliphatic rings. The van der Waals surface area contributed by atoms with E-state index >= 15 is 0 Å². The van der Waals surface area contributed by atoms with Gasteiger partial charge in [-0.25, -0.2) is 0 Å². The molecule has 4 nitrogen and oxygen atoms in total. The molecular weight excluding hydrogens is 552 g/mol. The van der Waals surface area contributed by atoms with Crippen molar-refractivity contribution in [3.05, 3.63) is 114 Å². The van der Waals surface area contributed by atoms with Crippen molar-refractivity contribution >= 4 is 16.9 Å². The molecule has 0 amide bonds. The van der Waals surface area contributed by atoms with Gasteiger partial charge in [0, 0.05) is 6.42 Å². The van der Waals surface area contributed by atoms with Crippen LogP contribution in [0, 0.1) is 0 Å². The van der Waals surface area contributed by atoms with Crippen LogP contribution in [-0.2, 0) is 19.9 Å². The number of allylic oxidation sites excluding steroid dienone is 1. The molecule has 1 atom stereocenters. The van der Waals surface area contributed by atoms with Crippen LogP contribution in [0.1, 0.15) is 88.3 Å². The topological polar surface area (TPSA) is 44.8 Å². The number of hydrogen-bond acceptors (Lipinski definition) is 5. The van der Waals surface area contributed by atoms with Crippen LogP contribution in [-0.4, -0.2) is 37.3 Å². The maximum absolute atomic E-state index is 13.2. The van der Waals surface area contributed by atoms with Crippen molar-refractivity contribution in [2.75, 3.05) is 26.9 Å². The highest BCUT2D eigenvalue weighted by Crippen LogP contribution is 2.41. The Kier molecular flexibility index (Phi) is 16.2. The first-order valence-electron chi connectivity index (χ1n) is 16.0. The Morgan fingerprint density at radius 1 is 0.744 bits per heavy atom. The number of rotatable bonds is 21. The first kappa shape index (κ1) is 34.6. The van der Waals surface area contributed by atoms with Crippen molar-refractivity contribution < 1.29 is 19.0 Å². The molecule has 0 N–H and O–H groups in total. The summed E-state index contributed by atoms with van der Waals surface area (Å²) in [6.45, 7) is 5.65. The third-order valence-corrected chi connectivity index (χ3v) is 8.62. The average Bonchev–Trinajstić information content (AvgIpc) is 3.05. The summed E-state index contributed by atoms with van der Waals surface area (Å²) in [6.07, 6.45) is 14.1. The molecule has 0 heterocycles. The van der Waals surface area contributed by atoms with Crippen LogP contribution in [0.3, 0.4) is 0 Å². The van der Waals surface area contributed by atoms with Gasteiger partial charge in [0.05, 0.1) is 32.2 Å². The minimum Gasteiger partial charge on any atom is -0.497 e. The highest BCUT2D eigenvalue weighted by atomic mass is 32.2. The zero-order valence-electron chi connectivity index (χ0n) is 26.3. The van der Waals surface area contributed by atoms with Crippen LogP contribution in [0.2, 0.25) is 0 Å².